The first-order valence-corrected chi connectivity index (χ1v) is 7.87. The third-order valence-corrected chi connectivity index (χ3v) is 3.81. The van der Waals surface area contributed by atoms with Gasteiger partial charge in [0.1, 0.15) is 0 Å². The summed E-state index contributed by atoms with van der Waals surface area (Å²) in [4.78, 5) is 12.1. The molecule has 0 aliphatic carbocycles. The first kappa shape index (κ1) is 18.2. The number of nitrogens with one attached hydrogen (secondary N) is 1. The van der Waals surface area contributed by atoms with E-state index < -0.39 is 11.9 Å². The van der Waals surface area contributed by atoms with Crippen LogP contribution in [0.1, 0.15) is 27.2 Å². The largest absolute Gasteiger partial charge is 0.435 e. The third kappa shape index (κ3) is 4.33. The van der Waals surface area contributed by atoms with Gasteiger partial charge in [0.25, 0.3) is 5.91 Å². The fraction of sp³-hybridized carbons (Fsp3) is 0.105. The number of carbonyl (C=O) groups excluding carboxylic acids is 1. The Morgan fingerprint density at radius 3 is 2.30 bits per heavy atom. The van der Waals surface area contributed by atoms with Gasteiger partial charge in [-0.15, -0.1) is 0 Å². The third-order valence-electron chi connectivity index (χ3n) is 3.81. The first-order chi connectivity index (χ1) is 12.9. The number of nitriles is 1. The summed E-state index contributed by atoms with van der Waals surface area (Å²) >= 11 is 0. The van der Waals surface area contributed by atoms with Crippen LogP contribution in [0, 0.1) is 11.3 Å². The Kier molecular flexibility index (Phi) is 4.94. The number of amides is 1. The second-order valence-electron chi connectivity index (χ2n) is 5.68. The number of carbonyl (C=O) groups is 1. The molecule has 1 heterocycles. The molecule has 0 unspecified atom stereocenters. The van der Waals surface area contributed by atoms with Crippen molar-refractivity contribution in [3.63, 3.8) is 0 Å². The molecule has 1 amide bonds. The van der Waals surface area contributed by atoms with Gasteiger partial charge in [-0.3, -0.25) is 4.79 Å². The highest BCUT2D eigenvalue weighted by Gasteiger charge is 2.33. The van der Waals surface area contributed by atoms with E-state index in [1.54, 1.807) is 48.5 Å². The summed E-state index contributed by atoms with van der Waals surface area (Å²) in [5.74, 6) is -0.287. The van der Waals surface area contributed by atoms with Gasteiger partial charge in [0.05, 0.1) is 17.3 Å². The Bertz CT molecular complexity index is 984. The Labute approximate surface area is 152 Å². The number of aromatic nitrogens is 2. The summed E-state index contributed by atoms with van der Waals surface area (Å²) < 4.78 is 39.0. The highest BCUT2D eigenvalue weighted by atomic mass is 19.4. The smallest absolute Gasteiger partial charge is 0.348 e. The van der Waals surface area contributed by atoms with E-state index in [1.807, 2.05) is 6.07 Å². The van der Waals surface area contributed by atoms with Crippen molar-refractivity contribution in [1.82, 2.24) is 15.1 Å². The van der Waals surface area contributed by atoms with Gasteiger partial charge >= 0.3 is 6.18 Å². The number of benzene rings is 2. The highest BCUT2D eigenvalue weighted by Crippen LogP contribution is 2.27. The number of hydrogen-bond donors (Lipinski definition) is 1. The second-order valence-corrected chi connectivity index (χ2v) is 5.68. The fourth-order valence-corrected chi connectivity index (χ4v) is 2.37. The zero-order chi connectivity index (χ0) is 19.4. The molecule has 0 saturated heterocycles. The molecule has 0 aliphatic rings. The predicted molar refractivity (Wildman–Crippen MR) is 90.9 cm³/mol. The monoisotopic (exact) mass is 370 g/mol. The van der Waals surface area contributed by atoms with Gasteiger partial charge in [-0.1, -0.05) is 12.1 Å². The molecule has 0 radical (unpaired) electrons. The van der Waals surface area contributed by atoms with Crippen molar-refractivity contribution in [3.8, 4) is 11.8 Å². The van der Waals surface area contributed by atoms with Gasteiger partial charge in [-0.2, -0.15) is 23.5 Å². The number of alkyl halides is 3. The second kappa shape index (κ2) is 7.33. The quantitative estimate of drug-likeness (QED) is 0.761. The minimum atomic E-state index is -4.49. The van der Waals surface area contributed by atoms with Crippen molar-refractivity contribution >= 4 is 5.91 Å². The molecule has 136 valence electrons. The zero-order valence-corrected chi connectivity index (χ0v) is 13.9. The van der Waals surface area contributed by atoms with Gasteiger partial charge in [0.2, 0.25) is 0 Å². The van der Waals surface area contributed by atoms with Crippen molar-refractivity contribution < 1.29 is 18.0 Å². The van der Waals surface area contributed by atoms with Gasteiger partial charge in [0, 0.05) is 18.3 Å². The molecular weight excluding hydrogens is 357 g/mol. The summed E-state index contributed by atoms with van der Waals surface area (Å²) in [6, 6.07) is 15.8. The van der Waals surface area contributed by atoms with E-state index in [-0.39, 0.29) is 12.5 Å². The van der Waals surface area contributed by atoms with Crippen LogP contribution in [-0.4, -0.2) is 15.7 Å². The van der Waals surface area contributed by atoms with Crippen molar-refractivity contribution in [2.75, 3.05) is 0 Å². The molecule has 0 aliphatic heterocycles. The van der Waals surface area contributed by atoms with Crippen molar-refractivity contribution in [3.05, 3.63) is 83.2 Å². The van der Waals surface area contributed by atoms with Crippen molar-refractivity contribution in [2.24, 2.45) is 0 Å². The normalized spacial score (nSPS) is 11.0. The maximum absolute atomic E-state index is 12.6. The van der Waals surface area contributed by atoms with E-state index in [0.29, 0.717) is 16.8 Å². The van der Waals surface area contributed by atoms with Crippen LogP contribution in [0.3, 0.4) is 0 Å². The summed E-state index contributed by atoms with van der Waals surface area (Å²) in [7, 11) is 0. The van der Waals surface area contributed by atoms with Crippen LogP contribution in [0.2, 0.25) is 0 Å². The average molecular weight is 370 g/mol. The zero-order valence-electron chi connectivity index (χ0n) is 13.9. The average Bonchev–Trinajstić information content (AvgIpc) is 3.17. The lowest BCUT2D eigenvalue weighted by molar-refractivity contribution is -0.141. The summed E-state index contributed by atoms with van der Waals surface area (Å²) in [6.45, 7) is 0.256. The van der Waals surface area contributed by atoms with E-state index in [2.05, 4.69) is 10.4 Å². The molecule has 3 rings (SSSR count). The van der Waals surface area contributed by atoms with Gasteiger partial charge < -0.3 is 5.32 Å². The van der Waals surface area contributed by atoms with Crippen molar-refractivity contribution in [2.45, 2.75) is 12.7 Å². The maximum Gasteiger partial charge on any atom is 0.435 e. The van der Waals surface area contributed by atoms with E-state index in [4.69, 9.17) is 5.26 Å². The molecule has 1 N–H and O–H groups in total. The Hall–Kier alpha value is -3.60. The molecule has 0 saturated carbocycles. The van der Waals surface area contributed by atoms with Gasteiger partial charge in [0.15, 0.2) is 5.69 Å². The Morgan fingerprint density at radius 1 is 1.07 bits per heavy atom. The van der Waals surface area contributed by atoms with Crippen LogP contribution in [-0.2, 0) is 12.7 Å². The molecule has 0 bridgehead atoms. The minimum absolute atomic E-state index is 0.256. The molecule has 0 fully saturated rings. The Balaban J connectivity index is 1.63. The van der Waals surface area contributed by atoms with Crippen LogP contribution in [0.15, 0.2) is 60.8 Å². The molecule has 1 aromatic heterocycles. The molecule has 27 heavy (non-hydrogen) atoms. The molecule has 8 heteroatoms. The molecule has 0 spiro atoms. The first-order valence-electron chi connectivity index (χ1n) is 7.87. The molecule has 2 aromatic carbocycles. The van der Waals surface area contributed by atoms with E-state index in [0.717, 1.165) is 16.3 Å². The van der Waals surface area contributed by atoms with E-state index >= 15 is 0 Å². The van der Waals surface area contributed by atoms with E-state index in [9.17, 15) is 18.0 Å². The summed E-state index contributed by atoms with van der Waals surface area (Å²) in [5, 5.41) is 15.0. The van der Waals surface area contributed by atoms with Gasteiger partial charge in [-0.25, -0.2) is 4.68 Å². The standard InChI is InChI=1S/C19H13F3N4O/c20-19(21,22)17-9-10-26(25-17)16-7-3-14(4-8-16)12-24-18(27)15-5-1-13(11-23)2-6-15/h1-10H,12H2,(H,24,27). The lowest BCUT2D eigenvalue weighted by atomic mass is 10.1. The number of nitrogens with zero attached hydrogens (tertiary/aromatic N) is 3. The van der Waals surface area contributed by atoms with Crippen LogP contribution >= 0.6 is 0 Å². The Morgan fingerprint density at radius 2 is 1.74 bits per heavy atom. The molecule has 5 nitrogen and oxygen atoms in total. The fourth-order valence-electron chi connectivity index (χ4n) is 2.37. The van der Waals surface area contributed by atoms with Crippen LogP contribution in [0.5, 0.6) is 0 Å². The van der Waals surface area contributed by atoms with Crippen LogP contribution in [0.4, 0.5) is 13.2 Å². The van der Waals surface area contributed by atoms with Gasteiger partial charge in [-0.05, 0) is 48.0 Å². The van der Waals surface area contributed by atoms with E-state index in [1.165, 1.54) is 6.20 Å². The lowest BCUT2D eigenvalue weighted by Gasteiger charge is -2.07. The maximum atomic E-state index is 12.6. The SMILES string of the molecule is N#Cc1ccc(C(=O)NCc2ccc(-n3ccc(C(F)(F)F)n3)cc2)cc1. The minimum Gasteiger partial charge on any atom is -0.348 e. The van der Waals surface area contributed by atoms with Crippen LogP contribution in [0.25, 0.3) is 5.69 Å². The number of halogens is 3. The topological polar surface area (TPSA) is 70.7 Å². The number of hydrogen-bond acceptors (Lipinski definition) is 3. The lowest BCUT2D eigenvalue weighted by Crippen LogP contribution is -2.22. The molecule has 3 aromatic rings. The van der Waals surface area contributed by atoms with Crippen molar-refractivity contribution in [1.29, 1.82) is 5.26 Å². The highest BCUT2D eigenvalue weighted by molar-refractivity contribution is 5.94. The summed E-state index contributed by atoms with van der Waals surface area (Å²) in [5.41, 5.74) is 1.20. The molecule has 0 atom stereocenters. The molecular formula is C19H13F3N4O. The van der Waals surface area contributed by atoms with Crippen LogP contribution < -0.4 is 5.32 Å². The summed E-state index contributed by atoms with van der Waals surface area (Å²) in [6.07, 6.45) is -3.24. The predicted octanol–water partition coefficient (Wildman–Crippen LogP) is 3.69. The number of rotatable bonds is 4.